The highest BCUT2D eigenvalue weighted by Gasteiger charge is 2.29. The maximum absolute atomic E-state index is 11.9. The van der Waals surface area contributed by atoms with Crippen LogP contribution in [0.25, 0.3) is 0 Å². The molecule has 17 heavy (non-hydrogen) atoms. The summed E-state index contributed by atoms with van der Waals surface area (Å²) >= 11 is 0. The van der Waals surface area contributed by atoms with Crippen molar-refractivity contribution >= 4 is 15.9 Å². The highest BCUT2D eigenvalue weighted by atomic mass is 32.2. The first-order chi connectivity index (χ1) is 8.00. The van der Waals surface area contributed by atoms with Crippen molar-refractivity contribution in [2.45, 2.75) is 11.2 Å². The van der Waals surface area contributed by atoms with Crippen molar-refractivity contribution < 1.29 is 27.2 Å². The van der Waals surface area contributed by atoms with Gasteiger partial charge < -0.3 is 9.47 Å². The molecule has 1 fully saturated rings. The van der Waals surface area contributed by atoms with E-state index in [4.69, 9.17) is 14.0 Å². The molecule has 2 rings (SSSR count). The summed E-state index contributed by atoms with van der Waals surface area (Å²) in [6, 6.07) is 5.36. The van der Waals surface area contributed by atoms with Gasteiger partial charge >= 0.3 is 0 Å². The molecule has 1 aromatic rings. The molecule has 0 radical (unpaired) electrons. The molecule has 0 aromatic heterocycles. The molecule has 1 aromatic carbocycles. The van der Waals surface area contributed by atoms with Crippen LogP contribution in [-0.4, -0.2) is 38.3 Å². The molecule has 0 atom stereocenters. The average Bonchev–Trinajstić information content (AvgIpc) is 2.80. The third-order valence-electron chi connectivity index (χ3n) is 2.27. The fourth-order valence-corrected chi connectivity index (χ4v) is 2.23. The van der Waals surface area contributed by atoms with E-state index in [0.717, 1.165) is 6.07 Å². The Bertz CT molecular complexity index is 529. The van der Waals surface area contributed by atoms with Gasteiger partial charge in [-0.15, -0.1) is 0 Å². The van der Waals surface area contributed by atoms with Crippen LogP contribution in [0, 0.1) is 0 Å². The van der Waals surface area contributed by atoms with Crippen molar-refractivity contribution in [2.24, 2.45) is 0 Å². The number of carbonyl (C=O) groups is 1. The molecule has 7 heteroatoms. The molecule has 0 amide bonds. The topological polar surface area (TPSA) is 89.9 Å². The maximum atomic E-state index is 11.9. The van der Waals surface area contributed by atoms with Crippen molar-refractivity contribution in [3.63, 3.8) is 0 Å². The first-order valence-electron chi connectivity index (χ1n) is 4.84. The Labute approximate surface area is 97.9 Å². The Morgan fingerprint density at radius 1 is 1.24 bits per heavy atom. The van der Waals surface area contributed by atoms with Gasteiger partial charge in [0, 0.05) is 5.56 Å². The van der Waals surface area contributed by atoms with Crippen LogP contribution in [0.2, 0.25) is 0 Å². The molecule has 1 saturated heterocycles. The van der Waals surface area contributed by atoms with Gasteiger partial charge in [0.15, 0.2) is 0 Å². The van der Waals surface area contributed by atoms with Crippen molar-refractivity contribution in [2.75, 3.05) is 13.2 Å². The lowest BCUT2D eigenvalue weighted by molar-refractivity contribution is -0.0216. The van der Waals surface area contributed by atoms with Crippen LogP contribution < -0.4 is 0 Å². The fourth-order valence-electron chi connectivity index (χ4n) is 1.53. The summed E-state index contributed by atoms with van der Waals surface area (Å²) in [6.07, 6.45) is -1.10. The Kier molecular flexibility index (Phi) is 3.25. The molecule has 0 saturated carbocycles. The predicted molar refractivity (Wildman–Crippen MR) is 56.3 cm³/mol. The Hall–Kier alpha value is -1.28. The monoisotopic (exact) mass is 258 g/mol. The summed E-state index contributed by atoms with van der Waals surface area (Å²) in [6.45, 7) is 0.564. The zero-order valence-corrected chi connectivity index (χ0v) is 9.51. The highest BCUT2D eigenvalue weighted by molar-refractivity contribution is 7.86. The zero-order valence-electron chi connectivity index (χ0n) is 8.70. The molecule has 6 nitrogen and oxygen atoms in total. The summed E-state index contributed by atoms with van der Waals surface area (Å²) < 4.78 is 41.2. The van der Waals surface area contributed by atoms with Crippen molar-refractivity contribution in [3.05, 3.63) is 29.8 Å². The highest BCUT2D eigenvalue weighted by Crippen LogP contribution is 2.19. The van der Waals surface area contributed by atoms with Crippen LogP contribution in [0.1, 0.15) is 10.4 Å². The van der Waals surface area contributed by atoms with Gasteiger partial charge in [0.1, 0.15) is 4.90 Å². The normalized spacial score (nSPS) is 17.2. The first-order valence-corrected chi connectivity index (χ1v) is 6.28. The van der Waals surface area contributed by atoms with Crippen LogP contribution in [-0.2, 0) is 19.6 Å². The summed E-state index contributed by atoms with van der Waals surface area (Å²) in [4.78, 5) is 11.4. The number of carbonyl (C=O) groups excluding carboxylic acids is 1. The van der Waals surface area contributed by atoms with Gasteiger partial charge in [-0.3, -0.25) is 9.35 Å². The minimum absolute atomic E-state index is 0.137. The van der Waals surface area contributed by atoms with E-state index in [0.29, 0.717) is 0 Å². The Morgan fingerprint density at radius 2 is 1.82 bits per heavy atom. The number of ketones is 1. The fraction of sp³-hybridized carbons (Fsp3) is 0.300. The second-order valence-corrected chi connectivity index (χ2v) is 4.80. The minimum Gasteiger partial charge on any atom is -0.343 e. The van der Waals surface area contributed by atoms with Crippen LogP contribution in [0.4, 0.5) is 0 Å². The van der Waals surface area contributed by atoms with E-state index >= 15 is 0 Å². The van der Waals surface area contributed by atoms with Gasteiger partial charge in [-0.1, -0.05) is 12.1 Å². The van der Waals surface area contributed by atoms with Crippen molar-refractivity contribution in [1.29, 1.82) is 0 Å². The van der Waals surface area contributed by atoms with E-state index in [1.165, 1.54) is 18.2 Å². The van der Waals surface area contributed by atoms with Gasteiger partial charge in [0.05, 0.1) is 13.2 Å². The largest absolute Gasteiger partial charge is 0.343 e. The molecule has 0 spiro atoms. The number of rotatable bonds is 3. The standard InChI is InChI=1S/C10H10O6S/c11-9(10-15-5-6-16-10)7-3-1-2-4-8(7)17(12,13)14/h1-4,10H,5-6H2,(H,12,13,14). The lowest BCUT2D eigenvalue weighted by Gasteiger charge is -2.10. The molecule has 0 bridgehead atoms. The van der Waals surface area contributed by atoms with E-state index in [9.17, 15) is 13.2 Å². The zero-order chi connectivity index (χ0) is 12.5. The van der Waals surface area contributed by atoms with E-state index in [2.05, 4.69) is 0 Å². The van der Waals surface area contributed by atoms with E-state index in [-0.39, 0.29) is 18.8 Å². The summed E-state index contributed by atoms with van der Waals surface area (Å²) in [5.41, 5.74) is -0.137. The Morgan fingerprint density at radius 3 is 2.41 bits per heavy atom. The summed E-state index contributed by atoms with van der Waals surface area (Å²) in [5, 5.41) is 0. The second kappa shape index (κ2) is 4.53. The van der Waals surface area contributed by atoms with E-state index < -0.39 is 27.1 Å². The number of benzene rings is 1. The first kappa shape index (κ1) is 12.2. The van der Waals surface area contributed by atoms with Crippen LogP contribution in [0.5, 0.6) is 0 Å². The lowest BCUT2D eigenvalue weighted by Crippen LogP contribution is -2.23. The minimum atomic E-state index is -4.44. The SMILES string of the molecule is O=C(c1ccccc1S(=O)(=O)O)C1OCCO1. The van der Waals surface area contributed by atoms with Gasteiger partial charge in [-0.2, -0.15) is 8.42 Å². The van der Waals surface area contributed by atoms with Crippen molar-refractivity contribution in [1.82, 2.24) is 0 Å². The summed E-state index contributed by atoms with van der Waals surface area (Å²) in [5.74, 6) is -0.615. The molecule has 0 unspecified atom stereocenters. The van der Waals surface area contributed by atoms with Crippen LogP contribution in [0.3, 0.4) is 0 Å². The molecule has 1 aliphatic rings. The van der Waals surface area contributed by atoms with Gasteiger partial charge in [0.25, 0.3) is 10.1 Å². The van der Waals surface area contributed by atoms with Gasteiger partial charge in [-0.25, -0.2) is 0 Å². The quantitative estimate of drug-likeness (QED) is 0.626. The molecule has 1 heterocycles. The smallest absolute Gasteiger partial charge is 0.295 e. The van der Waals surface area contributed by atoms with E-state index in [1.54, 1.807) is 0 Å². The molecule has 0 aliphatic carbocycles. The summed E-state index contributed by atoms with van der Waals surface area (Å²) in [7, 11) is -4.44. The van der Waals surface area contributed by atoms with Crippen LogP contribution >= 0.6 is 0 Å². The molecular formula is C10H10O6S. The molecule has 92 valence electrons. The predicted octanol–water partition coefficient (Wildman–Crippen LogP) is 0.489. The number of hydrogen-bond donors (Lipinski definition) is 1. The maximum Gasteiger partial charge on any atom is 0.295 e. The van der Waals surface area contributed by atoms with Crippen molar-refractivity contribution in [3.8, 4) is 0 Å². The molecular weight excluding hydrogens is 248 g/mol. The van der Waals surface area contributed by atoms with Gasteiger partial charge in [-0.05, 0) is 12.1 Å². The average molecular weight is 258 g/mol. The molecule has 1 N–H and O–H groups in total. The number of ether oxygens (including phenoxy) is 2. The Balaban J connectivity index is 2.41. The second-order valence-electron chi connectivity index (χ2n) is 3.41. The third-order valence-corrected chi connectivity index (χ3v) is 3.18. The molecule has 1 aliphatic heterocycles. The number of Topliss-reactive ketones (excluding diaryl/α,β-unsaturated/α-hetero) is 1. The van der Waals surface area contributed by atoms with Gasteiger partial charge in [0.2, 0.25) is 12.1 Å². The van der Waals surface area contributed by atoms with Crippen LogP contribution in [0.15, 0.2) is 29.2 Å². The van der Waals surface area contributed by atoms with E-state index in [1.807, 2.05) is 0 Å². The third kappa shape index (κ3) is 2.52. The lowest BCUT2D eigenvalue weighted by atomic mass is 10.1. The number of hydrogen-bond acceptors (Lipinski definition) is 5.